The van der Waals surface area contributed by atoms with Crippen LogP contribution in [0.15, 0.2) is 36.5 Å². The SMILES string of the molecule is CC/C=C\C/C=C\C/C=C\CCCCCCCC(=O)OC(COC(=O)CCCC)COP(=O)(O)O. The predicted molar refractivity (Wildman–Crippen MR) is 138 cm³/mol. The number of carbonyl (C=O) groups excluding carboxylic acids is 2. The lowest BCUT2D eigenvalue weighted by atomic mass is 10.1. The van der Waals surface area contributed by atoms with Crippen molar-refractivity contribution in [1.29, 1.82) is 0 Å². The molecule has 1 unspecified atom stereocenters. The van der Waals surface area contributed by atoms with Gasteiger partial charge in [-0.25, -0.2) is 4.57 Å². The molecule has 0 rings (SSSR count). The first-order valence-electron chi connectivity index (χ1n) is 12.8. The van der Waals surface area contributed by atoms with Gasteiger partial charge >= 0.3 is 19.8 Å². The van der Waals surface area contributed by atoms with E-state index in [1.54, 1.807) is 0 Å². The molecule has 202 valence electrons. The van der Waals surface area contributed by atoms with Crippen LogP contribution in [0.1, 0.15) is 97.3 Å². The van der Waals surface area contributed by atoms with Gasteiger partial charge in [0.1, 0.15) is 6.61 Å². The molecule has 0 saturated carbocycles. The van der Waals surface area contributed by atoms with Crippen molar-refractivity contribution in [2.45, 2.75) is 103 Å². The molecule has 0 radical (unpaired) electrons. The van der Waals surface area contributed by atoms with Gasteiger partial charge in [0, 0.05) is 12.8 Å². The number of phosphoric acid groups is 1. The van der Waals surface area contributed by atoms with E-state index in [0.29, 0.717) is 12.8 Å². The lowest BCUT2D eigenvalue weighted by molar-refractivity contribution is -0.161. The summed E-state index contributed by atoms with van der Waals surface area (Å²) in [5.41, 5.74) is 0. The third-order valence-corrected chi connectivity index (χ3v) is 5.41. The van der Waals surface area contributed by atoms with E-state index >= 15 is 0 Å². The van der Waals surface area contributed by atoms with E-state index in [1.165, 1.54) is 0 Å². The van der Waals surface area contributed by atoms with Gasteiger partial charge in [0.15, 0.2) is 6.10 Å². The second kappa shape index (κ2) is 22.7. The lowest BCUT2D eigenvalue weighted by Gasteiger charge is -2.18. The van der Waals surface area contributed by atoms with Crippen molar-refractivity contribution in [3.05, 3.63) is 36.5 Å². The summed E-state index contributed by atoms with van der Waals surface area (Å²) in [5, 5.41) is 0. The lowest BCUT2D eigenvalue weighted by Crippen LogP contribution is -2.29. The van der Waals surface area contributed by atoms with Crippen LogP contribution in [0.5, 0.6) is 0 Å². The average molecular weight is 517 g/mol. The Hall–Kier alpha value is -1.73. The van der Waals surface area contributed by atoms with Gasteiger partial charge in [0.05, 0.1) is 6.61 Å². The zero-order chi connectivity index (χ0) is 26.2. The molecule has 0 bridgehead atoms. The Bertz CT molecular complexity index is 681. The Morgan fingerprint density at radius 1 is 0.771 bits per heavy atom. The minimum atomic E-state index is -4.72. The Balaban J connectivity index is 4.00. The number of carbonyl (C=O) groups is 2. The van der Waals surface area contributed by atoms with Crippen molar-refractivity contribution in [3.63, 3.8) is 0 Å². The zero-order valence-corrected chi connectivity index (χ0v) is 22.3. The van der Waals surface area contributed by atoms with Gasteiger partial charge in [-0.15, -0.1) is 0 Å². The standard InChI is InChI=1S/C26H45O8P/c1-3-5-7-8-9-10-11-12-13-14-15-16-17-18-19-21-26(28)34-24(23-33-35(29,30)31)22-32-25(27)20-6-4-2/h5,7,9-10,12-13,24H,3-4,6,8,11,14-23H2,1-2H3,(H2,29,30,31)/b7-5-,10-9-,13-12-. The van der Waals surface area contributed by atoms with Gasteiger partial charge in [0.25, 0.3) is 0 Å². The number of rotatable bonds is 22. The molecular formula is C26H45O8P. The number of hydrogen-bond donors (Lipinski definition) is 2. The number of allylic oxidation sites excluding steroid dienone is 6. The topological polar surface area (TPSA) is 119 Å². The molecule has 1 atom stereocenters. The molecule has 0 amide bonds. The second-order valence-electron chi connectivity index (χ2n) is 8.29. The highest BCUT2D eigenvalue weighted by molar-refractivity contribution is 7.46. The molecule has 0 aliphatic carbocycles. The summed E-state index contributed by atoms with van der Waals surface area (Å²) in [6, 6.07) is 0. The third-order valence-electron chi connectivity index (χ3n) is 4.92. The van der Waals surface area contributed by atoms with Gasteiger partial charge < -0.3 is 19.3 Å². The summed E-state index contributed by atoms with van der Waals surface area (Å²) in [6.07, 6.45) is 22.8. The van der Waals surface area contributed by atoms with E-state index in [9.17, 15) is 14.2 Å². The fourth-order valence-corrected chi connectivity index (χ4v) is 3.37. The molecular weight excluding hydrogens is 471 g/mol. The van der Waals surface area contributed by atoms with Crippen molar-refractivity contribution >= 4 is 19.8 Å². The second-order valence-corrected chi connectivity index (χ2v) is 9.52. The van der Waals surface area contributed by atoms with Crippen LogP contribution >= 0.6 is 7.82 Å². The molecule has 0 aromatic rings. The highest BCUT2D eigenvalue weighted by Crippen LogP contribution is 2.35. The van der Waals surface area contributed by atoms with Crippen LogP contribution in [-0.2, 0) is 28.2 Å². The summed E-state index contributed by atoms with van der Waals surface area (Å²) >= 11 is 0. The van der Waals surface area contributed by atoms with Crippen LogP contribution < -0.4 is 0 Å². The minimum Gasteiger partial charge on any atom is -0.462 e. The van der Waals surface area contributed by atoms with E-state index in [2.05, 4.69) is 47.9 Å². The van der Waals surface area contributed by atoms with Crippen LogP contribution in [0.4, 0.5) is 0 Å². The number of unbranched alkanes of at least 4 members (excludes halogenated alkanes) is 6. The Morgan fingerprint density at radius 2 is 1.37 bits per heavy atom. The fourth-order valence-electron chi connectivity index (χ4n) is 3.01. The largest absolute Gasteiger partial charge is 0.469 e. The first-order valence-corrected chi connectivity index (χ1v) is 14.3. The average Bonchev–Trinajstić information content (AvgIpc) is 2.81. The molecule has 8 nitrogen and oxygen atoms in total. The first kappa shape index (κ1) is 33.3. The van der Waals surface area contributed by atoms with Crippen molar-refractivity contribution in [3.8, 4) is 0 Å². The Labute approximate surface area is 211 Å². The third kappa shape index (κ3) is 25.2. The van der Waals surface area contributed by atoms with E-state index in [-0.39, 0.29) is 19.4 Å². The molecule has 0 aromatic carbocycles. The van der Waals surface area contributed by atoms with E-state index in [0.717, 1.165) is 57.8 Å². The highest BCUT2D eigenvalue weighted by Gasteiger charge is 2.22. The van der Waals surface area contributed by atoms with Crippen molar-refractivity contribution in [2.24, 2.45) is 0 Å². The quantitative estimate of drug-likeness (QED) is 0.0741. The minimum absolute atomic E-state index is 0.190. The van der Waals surface area contributed by atoms with Gasteiger partial charge in [0.2, 0.25) is 0 Å². The Kier molecular flexibility index (Phi) is 21.6. The molecule has 0 aromatic heterocycles. The maximum Gasteiger partial charge on any atom is 0.469 e. The molecule has 0 spiro atoms. The van der Waals surface area contributed by atoms with Gasteiger partial charge in [-0.05, 0) is 44.9 Å². The maximum absolute atomic E-state index is 12.1. The molecule has 0 fully saturated rings. The molecule has 0 saturated heterocycles. The maximum atomic E-state index is 12.1. The van der Waals surface area contributed by atoms with Crippen molar-refractivity contribution in [2.75, 3.05) is 13.2 Å². The highest BCUT2D eigenvalue weighted by atomic mass is 31.2. The van der Waals surface area contributed by atoms with Crippen LogP contribution in [-0.4, -0.2) is 41.0 Å². The summed E-state index contributed by atoms with van der Waals surface area (Å²) in [7, 11) is -4.72. The van der Waals surface area contributed by atoms with Gasteiger partial charge in [-0.2, -0.15) is 0 Å². The van der Waals surface area contributed by atoms with E-state index in [4.69, 9.17) is 19.3 Å². The van der Waals surface area contributed by atoms with Crippen molar-refractivity contribution < 1.29 is 37.9 Å². The summed E-state index contributed by atoms with van der Waals surface area (Å²) in [5.74, 6) is -0.953. The summed E-state index contributed by atoms with van der Waals surface area (Å²) in [6.45, 7) is 3.22. The van der Waals surface area contributed by atoms with E-state index < -0.39 is 32.5 Å². The van der Waals surface area contributed by atoms with Crippen molar-refractivity contribution in [1.82, 2.24) is 0 Å². The smallest absolute Gasteiger partial charge is 0.462 e. The van der Waals surface area contributed by atoms with Crippen LogP contribution in [0, 0.1) is 0 Å². The first-order chi connectivity index (χ1) is 16.8. The van der Waals surface area contributed by atoms with Gasteiger partial charge in [-0.3, -0.25) is 14.1 Å². The molecule has 2 N–H and O–H groups in total. The summed E-state index contributed by atoms with van der Waals surface area (Å²) in [4.78, 5) is 41.5. The molecule has 0 heterocycles. The Morgan fingerprint density at radius 3 is 2.03 bits per heavy atom. The monoisotopic (exact) mass is 516 g/mol. The normalized spacial score (nSPS) is 13.1. The number of hydrogen-bond acceptors (Lipinski definition) is 6. The van der Waals surface area contributed by atoms with Crippen LogP contribution in [0.25, 0.3) is 0 Å². The predicted octanol–water partition coefficient (Wildman–Crippen LogP) is 6.33. The molecule has 35 heavy (non-hydrogen) atoms. The molecule has 0 aliphatic rings. The van der Waals surface area contributed by atoms with Gasteiger partial charge in [-0.1, -0.05) is 76.0 Å². The number of phosphoric ester groups is 1. The number of ether oxygens (including phenoxy) is 2. The van der Waals surface area contributed by atoms with E-state index in [1.807, 2.05) is 6.92 Å². The zero-order valence-electron chi connectivity index (χ0n) is 21.4. The molecule has 9 heteroatoms. The fraction of sp³-hybridized carbons (Fsp3) is 0.692. The summed E-state index contributed by atoms with van der Waals surface area (Å²) < 4.78 is 25.6. The number of esters is 2. The molecule has 0 aliphatic heterocycles. The van der Waals surface area contributed by atoms with Crippen LogP contribution in [0.3, 0.4) is 0 Å². The van der Waals surface area contributed by atoms with Crippen LogP contribution in [0.2, 0.25) is 0 Å².